The fourth-order valence-corrected chi connectivity index (χ4v) is 8.71. The number of halogens is 1. The summed E-state index contributed by atoms with van der Waals surface area (Å²) in [6, 6.07) is 0. The SMILES string of the molecule is CCC[C@@H]1N[C@]2(C(=O)CO)[C@@H](CC3C4C[C@H](F)C5=CC(=O)CC[C@]5(C)C4C(O)C[C@@]32C)O1. The maximum atomic E-state index is 15.5. The number of hydrogen-bond donors (Lipinski definition) is 3. The van der Waals surface area contributed by atoms with Crippen LogP contribution in [0, 0.1) is 28.6 Å². The fourth-order valence-electron chi connectivity index (χ4n) is 8.71. The van der Waals surface area contributed by atoms with Crippen molar-refractivity contribution in [3.63, 3.8) is 0 Å². The highest BCUT2D eigenvalue weighted by molar-refractivity contribution is 5.93. The van der Waals surface area contributed by atoms with Crippen LogP contribution in [0.3, 0.4) is 0 Å². The molecule has 178 valence electrons. The van der Waals surface area contributed by atoms with Crippen molar-refractivity contribution in [1.82, 2.24) is 5.32 Å². The highest BCUT2D eigenvalue weighted by atomic mass is 19.1. The molecule has 1 aliphatic heterocycles. The van der Waals surface area contributed by atoms with E-state index in [0.717, 1.165) is 12.8 Å². The Hall–Kier alpha value is -1.15. The number of carbonyl (C=O) groups excluding carboxylic acids is 2. The number of allylic oxidation sites excluding steroid dienone is 1. The second-order valence-corrected chi connectivity index (χ2v) is 11.3. The van der Waals surface area contributed by atoms with Crippen molar-refractivity contribution >= 4 is 11.6 Å². The van der Waals surface area contributed by atoms with Crippen molar-refractivity contribution in [3.05, 3.63) is 11.6 Å². The van der Waals surface area contributed by atoms with E-state index in [0.29, 0.717) is 31.3 Å². The van der Waals surface area contributed by atoms with Crippen LogP contribution in [-0.2, 0) is 14.3 Å². The Morgan fingerprint density at radius 2 is 2.09 bits per heavy atom. The van der Waals surface area contributed by atoms with Gasteiger partial charge in [-0.05, 0) is 66.9 Å². The third-order valence-corrected chi connectivity index (χ3v) is 9.97. The summed E-state index contributed by atoms with van der Waals surface area (Å²) in [5, 5.41) is 24.9. The van der Waals surface area contributed by atoms with Crippen LogP contribution in [0.2, 0.25) is 0 Å². The van der Waals surface area contributed by atoms with E-state index < -0.39 is 41.4 Å². The van der Waals surface area contributed by atoms with Crippen molar-refractivity contribution in [1.29, 1.82) is 0 Å². The standard InChI is InChI=1S/C25H36FNO5/c1-4-5-21-27-25(19(31)12-28)20(32-21)10-15-14-9-17(26)16-8-13(29)6-7-23(16,2)22(14)18(30)11-24(15,25)3/h8,14-15,17-18,20-22,27-28,30H,4-7,9-12H2,1-3H3/t14?,15?,17-,18?,20+,21+,22?,23-,24-,25+/m0/s1. The lowest BCUT2D eigenvalue weighted by atomic mass is 9.44. The summed E-state index contributed by atoms with van der Waals surface area (Å²) >= 11 is 0. The number of hydrogen-bond acceptors (Lipinski definition) is 6. The van der Waals surface area contributed by atoms with Crippen molar-refractivity contribution in [3.8, 4) is 0 Å². The minimum Gasteiger partial charge on any atom is -0.393 e. The van der Waals surface area contributed by atoms with Crippen LogP contribution < -0.4 is 5.32 Å². The van der Waals surface area contributed by atoms with E-state index in [-0.39, 0.29) is 42.0 Å². The molecule has 0 aromatic rings. The predicted molar refractivity (Wildman–Crippen MR) is 115 cm³/mol. The molecule has 6 nitrogen and oxygen atoms in total. The highest BCUT2D eigenvalue weighted by Crippen LogP contribution is 2.69. The summed E-state index contributed by atoms with van der Waals surface area (Å²) in [7, 11) is 0. The lowest BCUT2D eigenvalue weighted by molar-refractivity contribution is -0.157. The zero-order valence-corrected chi connectivity index (χ0v) is 19.3. The quantitative estimate of drug-likeness (QED) is 0.610. The molecule has 3 saturated carbocycles. The van der Waals surface area contributed by atoms with Crippen molar-refractivity contribution < 1.29 is 28.9 Å². The summed E-state index contributed by atoms with van der Waals surface area (Å²) in [5.41, 5.74) is -1.72. The molecule has 0 bridgehead atoms. The van der Waals surface area contributed by atoms with Crippen LogP contribution in [0.1, 0.15) is 65.7 Å². The third-order valence-electron chi connectivity index (χ3n) is 9.97. The summed E-state index contributed by atoms with van der Waals surface area (Å²) in [6.45, 7) is 5.51. The van der Waals surface area contributed by atoms with Gasteiger partial charge in [0.25, 0.3) is 0 Å². The second kappa shape index (κ2) is 7.42. The number of ketones is 2. The molecule has 1 saturated heterocycles. The summed E-state index contributed by atoms with van der Waals surface area (Å²) in [6.07, 6.45) is 2.76. The van der Waals surface area contributed by atoms with Gasteiger partial charge < -0.3 is 14.9 Å². The van der Waals surface area contributed by atoms with Crippen molar-refractivity contribution in [2.75, 3.05) is 6.61 Å². The monoisotopic (exact) mass is 449 g/mol. The van der Waals surface area contributed by atoms with Gasteiger partial charge in [0.05, 0.1) is 12.2 Å². The highest BCUT2D eigenvalue weighted by Gasteiger charge is 2.75. The maximum absolute atomic E-state index is 15.5. The first-order valence-electron chi connectivity index (χ1n) is 12.3. The fraction of sp³-hybridized carbons (Fsp3) is 0.840. The molecule has 1 heterocycles. The molecule has 0 radical (unpaired) electrons. The van der Waals surface area contributed by atoms with Crippen LogP contribution in [0.15, 0.2) is 11.6 Å². The smallest absolute Gasteiger partial charge is 0.181 e. The molecule has 0 aromatic heterocycles. The third kappa shape index (κ3) is 2.71. The molecule has 0 amide bonds. The largest absolute Gasteiger partial charge is 0.393 e. The summed E-state index contributed by atoms with van der Waals surface area (Å²) in [5.74, 6) is -0.604. The first kappa shape index (κ1) is 22.6. The molecule has 3 N–H and O–H groups in total. The zero-order chi connectivity index (χ0) is 23.1. The van der Waals surface area contributed by atoms with E-state index in [1.54, 1.807) is 0 Å². The van der Waals surface area contributed by atoms with Crippen molar-refractivity contribution in [2.45, 2.75) is 95.9 Å². The molecule has 5 aliphatic rings. The van der Waals surface area contributed by atoms with Gasteiger partial charge in [0.2, 0.25) is 0 Å². The maximum Gasteiger partial charge on any atom is 0.181 e. The molecule has 5 rings (SSSR count). The van der Waals surface area contributed by atoms with Gasteiger partial charge in [0, 0.05) is 11.8 Å². The second-order valence-electron chi connectivity index (χ2n) is 11.3. The number of Topliss-reactive ketones (excluding diaryl/α,β-unsaturated/α-hetero) is 1. The average molecular weight is 450 g/mol. The number of aliphatic hydroxyl groups is 2. The van der Waals surface area contributed by atoms with E-state index in [4.69, 9.17) is 4.74 Å². The first-order valence-corrected chi connectivity index (χ1v) is 12.3. The summed E-state index contributed by atoms with van der Waals surface area (Å²) < 4.78 is 21.9. The molecule has 7 heteroatoms. The van der Waals surface area contributed by atoms with Crippen LogP contribution in [0.4, 0.5) is 4.39 Å². The van der Waals surface area contributed by atoms with Gasteiger partial charge in [-0.25, -0.2) is 4.39 Å². The van der Waals surface area contributed by atoms with E-state index in [9.17, 15) is 19.8 Å². The molecule has 0 spiro atoms. The van der Waals surface area contributed by atoms with Crippen LogP contribution in [0.25, 0.3) is 0 Å². The number of alkyl halides is 1. The van der Waals surface area contributed by atoms with Gasteiger partial charge in [-0.15, -0.1) is 0 Å². The topological polar surface area (TPSA) is 95.9 Å². The minimum atomic E-state index is -1.22. The van der Waals surface area contributed by atoms with Crippen LogP contribution in [-0.4, -0.2) is 58.5 Å². The molecule has 4 aliphatic carbocycles. The van der Waals surface area contributed by atoms with Gasteiger partial charge >= 0.3 is 0 Å². The first-order chi connectivity index (χ1) is 15.1. The molecule has 32 heavy (non-hydrogen) atoms. The Balaban J connectivity index is 1.57. The lowest BCUT2D eigenvalue weighted by Crippen LogP contribution is -2.68. The van der Waals surface area contributed by atoms with Gasteiger partial charge in [0.15, 0.2) is 11.6 Å². The van der Waals surface area contributed by atoms with Gasteiger partial charge in [-0.3, -0.25) is 14.9 Å². The van der Waals surface area contributed by atoms with Gasteiger partial charge in [-0.1, -0.05) is 27.2 Å². The summed E-state index contributed by atoms with van der Waals surface area (Å²) in [4.78, 5) is 25.3. The lowest BCUT2D eigenvalue weighted by Gasteiger charge is -2.61. The van der Waals surface area contributed by atoms with Gasteiger partial charge in [-0.2, -0.15) is 0 Å². The Labute approximate surface area is 189 Å². The number of nitrogens with one attached hydrogen (secondary N) is 1. The Morgan fingerprint density at radius 1 is 1.34 bits per heavy atom. The number of fused-ring (bicyclic) bond motifs is 7. The molecule has 0 aromatic carbocycles. The Morgan fingerprint density at radius 3 is 2.78 bits per heavy atom. The number of carbonyl (C=O) groups is 2. The zero-order valence-electron chi connectivity index (χ0n) is 19.3. The molecular formula is C25H36FNO5. The van der Waals surface area contributed by atoms with E-state index in [2.05, 4.69) is 12.2 Å². The molecule has 4 fully saturated rings. The Kier molecular flexibility index (Phi) is 5.25. The van der Waals surface area contributed by atoms with E-state index in [1.807, 2.05) is 13.8 Å². The Bertz CT molecular complexity index is 861. The predicted octanol–water partition coefficient (Wildman–Crippen LogP) is 2.46. The number of rotatable bonds is 4. The van der Waals surface area contributed by atoms with Gasteiger partial charge in [0.1, 0.15) is 24.5 Å². The molecular weight excluding hydrogens is 413 g/mol. The number of ether oxygens (including phenoxy) is 1. The van der Waals surface area contributed by atoms with E-state index in [1.165, 1.54) is 6.08 Å². The molecule has 10 atom stereocenters. The van der Waals surface area contributed by atoms with Crippen molar-refractivity contribution in [2.24, 2.45) is 28.6 Å². The van der Waals surface area contributed by atoms with Crippen LogP contribution >= 0.6 is 0 Å². The number of aliphatic hydroxyl groups excluding tert-OH is 2. The molecule has 4 unspecified atom stereocenters. The van der Waals surface area contributed by atoms with Crippen LogP contribution in [0.5, 0.6) is 0 Å². The average Bonchev–Trinajstić information content (AvgIpc) is 3.21. The minimum absolute atomic E-state index is 0.0132. The normalized spacial score (nSPS) is 52.0. The van der Waals surface area contributed by atoms with E-state index >= 15 is 4.39 Å².